The summed E-state index contributed by atoms with van der Waals surface area (Å²) in [4.78, 5) is 0. The van der Waals surface area contributed by atoms with Crippen molar-refractivity contribution in [2.45, 2.75) is 63.1 Å². The van der Waals surface area contributed by atoms with Crippen LogP contribution < -0.4 is 42.5 Å². The molecule has 0 spiro atoms. The third-order valence-corrected chi connectivity index (χ3v) is 6.88. The molecule has 34 heavy (non-hydrogen) atoms. The fourth-order valence-corrected chi connectivity index (χ4v) is 4.94. The molecule has 0 aliphatic carbocycles. The molecule has 0 aromatic carbocycles. The van der Waals surface area contributed by atoms with Gasteiger partial charge in [-0.2, -0.15) is 0 Å². The first kappa shape index (κ1) is 27.6. The van der Waals surface area contributed by atoms with Crippen molar-refractivity contribution < 1.29 is 0 Å². The molecule has 3 heterocycles. The van der Waals surface area contributed by atoms with Gasteiger partial charge in [-0.3, -0.25) is 0 Å². The van der Waals surface area contributed by atoms with Crippen LogP contribution in [0.15, 0.2) is 23.9 Å². The molecular formula is C26H52N8. The van der Waals surface area contributed by atoms with Crippen molar-refractivity contribution in [3.05, 3.63) is 23.9 Å². The van der Waals surface area contributed by atoms with E-state index in [1.807, 2.05) is 0 Å². The first-order valence-corrected chi connectivity index (χ1v) is 14.0. The van der Waals surface area contributed by atoms with Gasteiger partial charge >= 0.3 is 0 Å². The largest absolute Gasteiger partial charge is 0.380 e. The molecule has 0 amide bonds. The molecule has 8 N–H and O–H groups in total. The highest BCUT2D eigenvalue weighted by Crippen LogP contribution is 2.11. The van der Waals surface area contributed by atoms with Crippen molar-refractivity contribution in [1.29, 1.82) is 0 Å². The van der Waals surface area contributed by atoms with E-state index in [1.54, 1.807) is 0 Å². The van der Waals surface area contributed by atoms with Crippen molar-refractivity contribution in [1.82, 2.24) is 42.5 Å². The molecule has 0 radical (unpaired) electrons. The molecule has 8 heteroatoms. The first-order chi connectivity index (χ1) is 16.9. The summed E-state index contributed by atoms with van der Waals surface area (Å²) in [5.74, 6) is 0. The monoisotopic (exact) mass is 476 g/mol. The topological polar surface area (TPSA) is 96.2 Å². The quantitative estimate of drug-likeness (QED) is 0.248. The van der Waals surface area contributed by atoms with Gasteiger partial charge in [-0.1, -0.05) is 18.6 Å². The van der Waals surface area contributed by atoms with Gasteiger partial charge in [0, 0.05) is 44.0 Å². The SMILES string of the molecule is C1=CC2CNCCCNCCCNCC3CCCC(CNCCCNCCCNCC(=C1)N2)N3. The zero-order valence-corrected chi connectivity index (χ0v) is 21.4. The van der Waals surface area contributed by atoms with Gasteiger partial charge < -0.3 is 42.5 Å². The summed E-state index contributed by atoms with van der Waals surface area (Å²) < 4.78 is 0. The average molecular weight is 477 g/mol. The fraction of sp³-hybridized carbons (Fsp3) is 0.846. The standard InChI is InChI=1S/C26H52N8/c1-7-23-19-29-15-3-11-27-13-5-17-31-21-25-9-2-10-26(34-25)22-32-18-6-14-28-12-4-16-30-20-24(8-1)33-23/h1,7-8,23,25-34H,2-6,9-22H2. The molecule has 2 fully saturated rings. The van der Waals surface area contributed by atoms with Crippen molar-refractivity contribution >= 4 is 0 Å². The number of hydrogen-bond donors (Lipinski definition) is 8. The Hall–Kier alpha value is -1.00. The summed E-state index contributed by atoms with van der Waals surface area (Å²) >= 11 is 0. The van der Waals surface area contributed by atoms with Crippen LogP contribution in [-0.2, 0) is 0 Å². The van der Waals surface area contributed by atoms with Crippen LogP contribution in [0.5, 0.6) is 0 Å². The maximum absolute atomic E-state index is 3.86. The highest BCUT2D eigenvalue weighted by atomic mass is 15.1. The lowest BCUT2D eigenvalue weighted by Crippen LogP contribution is -2.51. The number of nitrogens with one attached hydrogen (secondary N) is 8. The Labute approximate surface area is 208 Å². The third kappa shape index (κ3) is 12.6. The lowest BCUT2D eigenvalue weighted by molar-refractivity contribution is 0.302. The van der Waals surface area contributed by atoms with E-state index < -0.39 is 0 Å². The van der Waals surface area contributed by atoms with Crippen LogP contribution in [0.2, 0.25) is 0 Å². The Balaban J connectivity index is 1.32. The van der Waals surface area contributed by atoms with E-state index in [0.717, 1.165) is 85.0 Å². The van der Waals surface area contributed by atoms with Gasteiger partial charge in [0.1, 0.15) is 0 Å². The molecule has 3 atom stereocenters. The zero-order chi connectivity index (χ0) is 23.5. The van der Waals surface area contributed by atoms with E-state index in [1.165, 1.54) is 44.2 Å². The lowest BCUT2D eigenvalue weighted by atomic mass is 9.98. The second-order valence-corrected chi connectivity index (χ2v) is 10.0. The van der Waals surface area contributed by atoms with Crippen LogP contribution in [0.1, 0.15) is 44.9 Å². The van der Waals surface area contributed by atoms with Crippen molar-refractivity contribution in [3.63, 3.8) is 0 Å². The summed E-state index contributed by atoms with van der Waals surface area (Å²) in [6.07, 6.45) is 15.3. The van der Waals surface area contributed by atoms with Crippen LogP contribution in [0.3, 0.4) is 0 Å². The Bertz CT molecular complexity index is 567. The Morgan fingerprint density at radius 2 is 1.09 bits per heavy atom. The highest BCUT2D eigenvalue weighted by molar-refractivity contribution is 5.21. The van der Waals surface area contributed by atoms with E-state index in [-0.39, 0.29) is 0 Å². The summed E-state index contributed by atoms with van der Waals surface area (Å²) in [5, 5.41) is 29.2. The van der Waals surface area contributed by atoms with Gasteiger partial charge in [-0.25, -0.2) is 0 Å². The second-order valence-electron chi connectivity index (χ2n) is 10.0. The van der Waals surface area contributed by atoms with E-state index in [0.29, 0.717) is 18.1 Å². The minimum absolute atomic E-state index is 0.386. The number of allylic oxidation sites excluding steroid dienone is 2. The molecule has 0 saturated carbocycles. The van der Waals surface area contributed by atoms with Gasteiger partial charge in [0.15, 0.2) is 0 Å². The Morgan fingerprint density at radius 3 is 1.71 bits per heavy atom. The minimum atomic E-state index is 0.386. The number of hydrogen-bond acceptors (Lipinski definition) is 8. The normalized spacial score (nSPS) is 30.8. The maximum Gasteiger partial charge on any atom is 0.0569 e. The first-order valence-electron chi connectivity index (χ1n) is 14.0. The van der Waals surface area contributed by atoms with Gasteiger partial charge in [0.25, 0.3) is 0 Å². The van der Waals surface area contributed by atoms with Crippen LogP contribution in [-0.4, -0.2) is 96.7 Å². The maximum atomic E-state index is 3.86. The van der Waals surface area contributed by atoms with Gasteiger partial charge in [-0.15, -0.1) is 0 Å². The highest BCUT2D eigenvalue weighted by Gasteiger charge is 2.20. The summed E-state index contributed by atoms with van der Waals surface area (Å²) in [5.41, 5.74) is 1.29. The van der Waals surface area contributed by atoms with E-state index in [9.17, 15) is 0 Å². The van der Waals surface area contributed by atoms with Crippen LogP contribution >= 0.6 is 0 Å². The Morgan fingerprint density at radius 1 is 0.559 bits per heavy atom. The number of rotatable bonds is 0. The second kappa shape index (κ2) is 18.3. The van der Waals surface area contributed by atoms with E-state index in [4.69, 9.17) is 0 Å². The predicted octanol–water partition coefficient (Wildman–Crippen LogP) is 0.0206. The molecule has 2 saturated heterocycles. The van der Waals surface area contributed by atoms with Crippen molar-refractivity contribution in [3.8, 4) is 0 Å². The molecule has 3 aliphatic heterocycles. The van der Waals surface area contributed by atoms with Crippen LogP contribution in [0.25, 0.3) is 0 Å². The molecule has 3 aliphatic rings. The van der Waals surface area contributed by atoms with Crippen molar-refractivity contribution in [2.75, 3.05) is 78.5 Å². The van der Waals surface area contributed by atoms with Gasteiger partial charge in [0.05, 0.1) is 6.04 Å². The smallest absolute Gasteiger partial charge is 0.0569 e. The van der Waals surface area contributed by atoms with Crippen LogP contribution in [0, 0.1) is 0 Å². The lowest BCUT2D eigenvalue weighted by Gasteiger charge is -2.31. The molecular weight excluding hydrogens is 424 g/mol. The van der Waals surface area contributed by atoms with Crippen molar-refractivity contribution in [2.24, 2.45) is 0 Å². The number of dihydropyridines is 1. The molecule has 3 unspecified atom stereocenters. The minimum Gasteiger partial charge on any atom is -0.380 e. The number of piperidine rings is 1. The number of fused-ring (bicyclic) bond motifs is 4. The van der Waals surface area contributed by atoms with Crippen LogP contribution in [0.4, 0.5) is 0 Å². The van der Waals surface area contributed by atoms with Gasteiger partial charge in [-0.05, 0) is 97.0 Å². The van der Waals surface area contributed by atoms with Gasteiger partial charge in [0.2, 0.25) is 0 Å². The average Bonchev–Trinajstić information content (AvgIpc) is 2.86. The third-order valence-electron chi connectivity index (χ3n) is 6.88. The summed E-state index contributed by atoms with van der Waals surface area (Å²) in [6, 6.07) is 1.64. The molecule has 3 rings (SSSR count). The fourth-order valence-electron chi connectivity index (χ4n) is 4.94. The zero-order valence-electron chi connectivity index (χ0n) is 21.4. The molecule has 4 bridgehead atoms. The molecule has 196 valence electrons. The van der Waals surface area contributed by atoms with E-state index >= 15 is 0 Å². The molecule has 8 nitrogen and oxygen atoms in total. The summed E-state index contributed by atoms with van der Waals surface area (Å²) in [7, 11) is 0. The predicted molar refractivity (Wildman–Crippen MR) is 144 cm³/mol. The molecule has 0 aromatic rings. The van der Waals surface area contributed by atoms with E-state index in [2.05, 4.69) is 60.8 Å². The summed E-state index contributed by atoms with van der Waals surface area (Å²) in [6.45, 7) is 12.8. The molecule has 0 aromatic heterocycles. The Kier molecular flexibility index (Phi) is 14.8.